The Morgan fingerprint density at radius 1 is 1.20 bits per heavy atom. The lowest BCUT2D eigenvalue weighted by atomic mass is 9.88. The summed E-state index contributed by atoms with van der Waals surface area (Å²) in [5.74, 6) is 0. The summed E-state index contributed by atoms with van der Waals surface area (Å²) in [7, 11) is 0. The van der Waals surface area contributed by atoms with Crippen molar-refractivity contribution in [3.05, 3.63) is 0 Å². The van der Waals surface area contributed by atoms with Crippen LogP contribution >= 0.6 is 0 Å². The first-order chi connectivity index (χ1) is 4.84. The third-order valence-corrected chi connectivity index (χ3v) is 2.37. The van der Waals surface area contributed by atoms with Crippen molar-refractivity contribution in [1.82, 2.24) is 10.6 Å². The van der Waals surface area contributed by atoms with Crippen LogP contribution in [0.1, 0.15) is 12.8 Å². The number of hydrogen-bond acceptors (Lipinski definition) is 3. The van der Waals surface area contributed by atoms with E-state index in [1.54, 1.807) is 0 Å². The first-order valence-electron chi connectivity index (χ1n) is 3.99. The van der Waals surface area contributed by atoms with Gasteiger partial charge in [0.05, 0.1) is 6.10 Å². The van der Waals surface area contributed by atoms with Crippen molar-refractivity contribution in [2.24, 2.45) is 0 Å². The van der Waals surface area contributed by atoms with Gasteiger partial charge in [0.15, 0.2) is 0 Å². The predicted molar refractivity (Wildman–Crippen MR) is 38.8 cm³/mol. The molecule has 1 heterocycles. The third-order valence-electron chi connectivity index (χ3n) is 2.37. The molecule has 0 bridgehead atoms. The molecule has 1 saturated carbocycles. The van der Waals surface area contributed by atoms with Crippen molar-refractivity contribution in [1.29, 1.82) is 0 Å². The van der Waals surface area contributed by atoms with Crippen LogP contribution in [0, 0.1) is 0 Å². The average molecular weight is 142 g/mol. The minimum Gasteiger partial charge on any atom is -0.393 e. The van der Waals surface area contributed by atoms with Crippen LogP contribution in [0.15, 0.2) is 0 Å². The van der Waals surface area contributed by atoms with E-state index in [4.69, 9.17) is 5.11 Å². The van der Waals surface area contributed by atoms with Gasteiger partial charge in [-0.25, -0.2) is 0 Å². The molecule has 3 nitrogen and oxygen atoms in total. The highest BCUT2D eigenvalue weighted by atomic mass is 16.3. The van der Waals surface area contributed by atoms with Gasteiger partial charge in [-0.2, -0.15) is 0 Å². The summed E-state index contributed by atoms with van der Waals surface area (Å²) >= 11 is 0. The van der Waals surface area contributed by atoms with E-state index in [0.29, 0.717) is 12.1 Å². The van der Waals surface area contributed by atoms with Crippen LogP contribution in [0.25, 0.3) is 0 Å². The van der Waals surface area contributed by atoms with Gasteiger partial charge in [-0.15, -0.1) is 0 Å². The molecule has 0 unspecified atom stereocenters. The summed E-state index contributed by atoms with van der Waals surface area (Å²) < 4.78 is 0. The lowest BCUT2D eigenvalue weighted by molar-refractivity contribution is 0.0544. The van der Waals surface area contributed by atoms with E-state index in [9.17, 15) is 0 Å². The van der Waals surface area contributed by atoms with Crippen molar-refractivity contribution in [3.8, 4) is 0 Å². The second-order valence-corrected chi connectivity index (χ2v) is 3.34. The van der Waals surface area contributed by atoms with E-state index in [1.807, 2.05) is 0 Å². The monoisotopic (exact) mass is 142 g/mol. The Hall–Kier alpha value is -0.120. The summed E-state index contributed by atoms with van der Waals surface area (Å²) in [5, 5.41) is 15.6. The topological polar surface area (TPSA) is 44.3 Å². The van der Waals surface area contributed by atoms with Gasteiger partial charge in [-0.1, -0.05) is 0 Å². The van der Waals surface area contributed by atoms with E-state index in [0.717, 1.165) is 25.9 Å². The zero-order valence-electron chi connectivity index (χ0n) is 6.01. The molecule has 1 saturated heterocycles. The summed E-state index contributed by atoms with van der Waals surface area (Å²) in [6.07, 6.45) is 1.89. The van der Waals surface area contributed by atoms with Gasteiger partial charge in [0.1, 0.15) is 0 Å². The first kappa shape index (κ1) is 6.58. The fraction of sp³-hybridized carbons (Fsp3) is 1.00. The van der Waals surface area contributed by atoms with Crippen LogP contribution in [0.3, 0.4) is 0 Å². The molecule has 0 radical (unpaired) electrons. The second-order valence-electron chi connectivity index (χ2n) is 3.34. The summed E-state index contributed by atoms with van der Waals surface area (Å²) in [4.78, 5) is 0. The van der Waals surface area contributed by atoms with Crippen molar-refractivity contribution in [2.45, 2.75) is 31.0 Å². The summed E-state index contributed by atoms with van der Waals surface area (Å²) in [6, 6.07) is 1.28. The molecule has 2 aliphatic rings. The number of hydrogen-bond donors (Lipinski definition) is 3. The van der Waals surface area contributed by atoms with E-state index in [2.05, 4.69) is 10.6 Å². The molecule has 10 heavy (non-hydrogen) atoms. The van der Waals surface area contributed by atoms with E-state index in [1.165, 1.54) is 0 Å². The maximum absolute atomic E-state index is 8.97. The molecule has 1 aliphatic carbocycles. The zero-order chi connectivity index (χ0) is 6.97. The normalized spacial score (nSPS) is 40.5. The fourth-order valence-electron chi connectivity index (χ4n) is 1.46. The standard InChI is InChI=1S/C7H14N2O/c10-7-1-5(2-7)9-6-3-8-4-6/h5-10H,1-4H2. The Morgan fingerprint density at radius 2 is 1.90 bits per heavy atom. The molecule has 0 amide bonds. The minimum atomic E-state index is -0.0227. The van der Waals surface area contributed by atoms with Crippen LogP contribution in [-0.2, 0) is 0 Å². The van der Waals surface area contributed by atoms with Gasteiger partial charge in [0.25, 0.3) is 0 Å². The number of aliphatic hydroxyl groups is 1. The molecular weight excluding hydrogens is 128 g/mol. The zero-order valence-corrected chi connectivity index (χ0v) is 6.01. The Morgan fingerprint density at radius 3 is 2.30 bits per heavy atom. The molecule has 2 rings (SSSR count). The molecule has 2 fully saturated rings. The predicted octanol–water partition coefficient (Wildman–Crippen LogP) is -0.929. The Labute approximate surface area is 60.8 Å². The maximum atomic E-state index is 8.97. The number of aliphatic hydroxyl groups excluding tert-OH is 1. The Balaban J connectivity index is 1.62. The minimum absolute atomic E-state index is 0.0227. The van der Waals surface area contributed by atoms with Crippen LogP contribution in [-0.4, -0.2) is 36.4 Å². The molecule has 3 N–H and O–H groups in total. The smallest absolute Gasteiger partial charge is 0.0570 e. The fourth-order valence-corrected chi connectivity index (χ4v) is 1.46. The van der Waals surface area contributed by atoms with E-state index >= 15 is 0 Å². The highest BCUT2D eigenvalue weighted by Gasteiger charge is 2.30. The average Bonchev–Trinajstić information content (AvgIpc) is 1.72. The maximum Gasteiger partial charge on any atom is 0.0570 e. The molecule has 1 aliphatic heterocycles. The number of nitrogens with one attached hydrogen (secondary N) is 2. The lowest BCUT2D eigenvalue weighted by Crippen LogP contribution is -2.60. The van der Waals surface area contributed by atoms with Gasteiger partial charge in [-0.05, 0) is 12.8 Å². The Kier molecular flexibility index (Phi) is 1.64. The van der Waals surface area contributed by atoms with E-state index in [-0.39, 0.29) is 6.10 Å². The molecule has 3 heteroatoms. The molecular formula is C7H14N2O. The van der Waals surface area contributed by atoms with Gasteiger partial charge < -0.3 is 15.7 Å². The Bertz CT molecular complexity index is 119. The van der Waals surface area contributed by atoms with Crippen molar-refractivity contribution in [2.75, 3.05) is 13.1 Å². The van der Waals surface area contributed by atoms with Crippen molar-refractivity contribution < 1.29 is 5.11 Å². The van der Waals surface area contributed by atoms with Crippen LogP contribution < -0.4 is 10.6 Å². The van der Waals surface area contributed by atoms with Gasteiger partial charge in [-0.3, -0.25) is 0 Å². The highest BCUT2D eigenvalue weighted by Crippen LogP contribution is 2.20. The molecule has 0 aromatic heterocycles. The second kappa shape index (κ2) is 2.49. The quantitative estimate of drug-likeness (QED) is 0.467. The van der Waals surface area contributed by atoms with Gasteiger partial charge >= 0.3 is 0 Å². The highest BCUT2D eigenvalue weighted by molar-refractivity contribution is 4.91. The lowest BCUT2D eigenvalue weighted by Gasteiger charge is -2.38. The first-order valence-corrected chi connectivity index (χ1v) is 3.99. The van der Waals surface area contributed by atoms with Crippen molar-refractivity contribution >= 4 is 0 Å². The summed E-state index contributed by atoms with van der Waals surface area (Å²) in [6.45, 7) is 2.21. The summed E-state index contributed by atoms with van der Waals surface area (Å²) in [5.41, 5.74) is 0. The van der Waals surface area contributed by atoms with Gasteiger partial charge in [0.2, 0.25) is 0 Å². The molecule has 58 valence electrons. The number of rotatable bonds is 2. The molecule has 0 spiro atoms. The SMILES string of the molecule is OC1CC(NC2CNC2)C1. The molecule has 0 aromatic rings. The molecule has 0 aromatic carbocycles. The van der Waals surface area contributed by atoms with Crippen LogP contribution in [0.5, 0.6) is 0 Å². The van der Waals surface area contributed by atoms with Crippen molar-refractivity contribution in [3.63, 3.8) is 0 Å². The molecule has 0 atom stereocenters. The van der Waals surface area contributed by atoms with Gasteiger partial charge in [0, 0.05) is 25.2 Å². The van der Waals surface area contributed by atoms with Crippen LogP contribution in [0.4, 0.5) is 0 Å². The van der Waals surface area contributed by atoms with E-state index < -0.39 is 0 Å². The largest absolute Gasteiger partial charge is 0.393 e. The van der Waals surface area contributed by atoms with Crippen LogP contribution in [0.2, 0.25) is 0 Å². The third kappa shape index (κ3) is 1.17.